The fourth-order valence-corrected chi connectivity index (χ4v) is 1.47. The first-order valence-corrected chi connectivity index (χ1v) is 4.17. The molecule has 0 aromatic carbocycles. The van der Waals surface area contributed by atoms with Crippen molar-refractivity contribution in [1.29, 1.82) is 0 Å². The minimum Gasteiger partial charge on any atom is -0.396 e. The van der Waals surface area contributed by atoms with Crippen LogP contribution in [0.25, 0.3) is 0 Å². The lowest BCUT2D eigenvalue weighted by molar-refractivity contribution is 0.257. The van der Waals surface area contributed by atoms with Gasteiger partial charge < -0.3 is 10.4 Å². The molecular formula is C8H17NO. The summed E-state index contributed by atoms with van der Waals surface area (Å²) in [6.07, 6.45) is 4.36. The van der Waals surface area contributed by atoms with Crippen LogP contribution < -0.4 is 5.31 Å². The second-order valence-corrected chi connectivity index (χ2v) is 2.98. The van der Waals surface area contributed by atoms with Crippen LogP contribution in [0.1, 0.15) is 25.7 Å². The van der Waals surface area contributed by atoms with Crippen molar-refractivity contribution in [3.05, 3.63) is 0 Å². The third kappa shape index (κ3) is 2.67. The van der Waals surface area contributed by atoms with E-state index >= 15 is 0 Å². The van der Waals surface area contributed by atoms with E-state index < -0.39 is 0 Å². The number of hydrogen-bond donors (Lipinski definition) is 2. The van der Waals surface area contributed by atoms with E-state index in [-0.39, 0.29) is 0 Å². The van der Waals surface area contributed by atoms with Gasteiger partial charge in [-0.1, -0.05) is 0 Å². The van der Waals surface area contributed by atoms with Crippen LogP contribution in [0.2, 0.25) is 1.41 Å². The Bertz CT molecular complexity index is 99.5. The zero-order valence-electron chi connectivity index (χ0n) is 7.42. The van der Waals surface area contributed by atoms with Crippen LogP contribution in [0.3, 0.4) is 0 Å². The highest BCUT2D eigenvalue weighted by molar-refractivity contribution is 4.67. The molecule has 0 saturated carbocycles. The number of nitrogens with one attached hydrogen (secondary N) is 1. The second kappa shape index (κ2) is 4.69. The highest BCUT2D eigenvalue weighted by Gasteiger charge is 2.11. The number of piperidine rings is 1. The second-order valence-electron chi connectivity index (χ2n) is 2.98. The fraction of sp³-hybridized carbons (Fsp3) is 1.00. The van der Waals surface area contributed by atoms with E-state index in [1.165, 1.54) is 0 Å². The van der Waals surface area contributed by atoms with Gasteiger partial charge in [-0.3, -0.25) is 0 Å². The summed E-state index contributed by atoms with van der Waals surface area (Å²) in [6.45, 7) is 2.15. The Morgan fingerprint density at radius 2 is 2.20 bits per heavy atom. The summed E-state index contributed by atoms with van der Waals surface area (Å²) in [4.78, 5) is 0. The van der Waals surface area contributed by atoms with Crippen LogP contribution in [0.4, 0.5) is 0 Å². The van der Waals surface area contributed by atoms with Gasteiger partial charge in [-0.2, -0.15) is 0 Å². The molecule has 1 heterocycles. The highest BCUT2D eigenvalue weighted by Crippen LogP contribution is 2.16. The van der Waals surface area contributed by atoms with Crippen molar-refractivity contribution >= 4 is 0 Å². The molecule has 0 aliphatic carbocycles. The Morgan fingerprint density at radius 3 is 2.80 bits per heavy atom. The Kier molecular flexibility index (Phi) is 3.11. The number of rotatable bonds is 3. The minimum atomic E-state index is 0.321. The van der Waals surface area contributed by atoms with Crippen molar-refractivity contribution in [2.45, 2.75) is 25.7 Å². The maximum Gasteiger partial charge on any atom is 0.122 e. The average Bonchev–Trinajstić information content (AvgIpc) is 2.04. The third-order valence-electron chi connectivity index (χ3n) is 2.16. The first-order chi connectivity index (χ1) is 5.33. The van der Waals surface area contributed by atoms with Crippen molar-refractivity contribution in [3.8, 4) is 0 Å². The zero-order valence-corrected chi connectivity index (χ0v) is 6.42. The minimum absolute atomic E-state index is 0.321. The molecule has 2 heteroatoms. The molecule has 0 bridgehead atoms. The predicted molar refractivity (Wildman–Crippen MR) is 41.9 cm³/mol. The molecule has 2 nitrogen and oxygen atoms in total. The molecule has 1 fully saturated rings. The van der Waals surface area contributed by atoms with Crippen molar-refractivity contribution in [3.63, 3.8) is 0 Å². The summed E-state index contributed by atoms with van der Waals surface area (Å²) in [7, 11) is 0. The zero-order chi connectivity index (χ0) is 8.10. The van der Waals surface area contributed by atoms with Gasteiger partial charge in [0.25, 0.3) is 0 Å². The SMILES string of the molecule is [2H]N1CCC(CCCO)CC1. The van der Waals surface area contributed by atoms with Crippen LogP contribution in [0, 0.1) is 5.92 Å². The van der Waals surface area contributed by atoms with Gasteiger partial charge >= 0.3 is 0 Å². The summed E-state index contributed by atoms with van der Waals surface area (Å²) in [5, 5.41) is 10.2. The van der Waals surface area contributed by atoms with Crippen LogP contribution in [-0.4, -0.2) is 24.8 Å². The van der Waals surface area contributed by atoms with Crippen molar-refractivity contribution in [2.75, 3.05) is 19.7 Å². The molecule has 1 rings (SSSR count). The van der Waals surface area contributed by atoms with Gasteiger partial charge in [-0.15, -0.1) is 0 Å². The van der Waals surface area contributed by atoms with Gasteiger partial charge in [-0.05, 0) is 44.7 Å². The van der Waals surface area contributed by atoms with Gasteiger partial charge in [0.1, 0.15) is 1.41 Å². The Hall–Kier alpha value is -0.0800. The van der Waals surface area contributed by atoms with Crippen molar-refractivity contribution in [1.82, 2.24) is 5.31 Å². The summed E-state index contributed by atoms with van der Waals surface area (Å²) in [5.74, 6) is 0.767. The summed E-state index contributed by atoms with van der Waals surface area (Å²) in [6, 6.07) is 0. The fourth-order valence-electron chi connectivity index (χ4n) is 1.47. The highest BCUT2D eigenvalue weighted by atomic mass is 16.2. The maximum absolute atomic E-state index is 8.60. The Balaban J connectivity index is 2.07. The smallest absolute Gasteiger partial charge is 0.122 e. The molecule has 1 saturated heterocycles. The Labute approximate surface area is 64.1 Å². The van der Waals surface area contributed by atoms with Crippen LogP contribution in [0.15, 0.2) is 0 Å². The van der Waals surface area contributed by atoms with Gasteiger partial charge in [0.2, 0.25) is 0 Å². The summed E-state index contributed by atoms with van der Waals surface area (Å²) < 4.78 is 7.32. The Morgan fingerprint density at radius 1 is 1.50 bits per heavy atom. The van der Waals surface area contributed by atoms with Gasteiger partial charge in [0.05, 0.1) is 0 Å². The number of hydrogen-bond acceptors (Lipinski definition) is 2. The monoisotopic (exact) mass is 144 g/mol. The third-order valence-corrected chi connectivity index (χ3v) is 2.16. The molecule has 0 spiro atoms. The van der Waals surface area contributed by atoms with Crippen LogP contribution in [-0.2, 0) is 0 Å². The van der Waals surface area contributed by atoms with E-state index in [4.69, 9.17) is 6.52 Å². The maximum atomic E-state index is 8.60. The molecule has 0 aromatic heterocycles. The summed E-state index contributed by atoms with van der Waals surface area (Å²) in [5.41, 5.74) is 0. The quantitative estimate of drug-likeness (QED) is 0.613. The molecule has 0 atom stereocenters. The van der Waals surface area contributed by atoms with Gasteiger partial charge in [-0.25, -0.2) is 0 Å². The largest absolute Gasteiger partial charge is 0.396 e. The van der Waals surface area contributed by atoms with Gasteiger partial charge in [0, 0.05) is 6.61 Å². The molecule has 0 unspecified atom stereocenters. The van der Waals surface area contributed by atoms with Crippen LogP contribution >= 0.6 is 0 Å². The molecule has 1 aliphatic rings. The van der Waals surface area contributed by atoms with Crippen molar-refractivity contribution in [2.24, 2.45) is 5.92 Å². The first kappa shape index (κ1) is 6.62. The molecule has 10 heavy (non-hydrogen) atoms. The molecular weight excluding hydrogens is 126 g/mol. The van der Waals surface area contributed by atoms with E-state index in [0.29, 0.717) is 6.61 Å². The first-order valence-electron chi connectivity index (χ1n) is 4.62. The lowest BCUT2D eigenvalue weighted by Crippen LogP contribution is -2.27. The predicted octanol–water partition coefficient (Wildman–Crippen LogP) is 0.758. The molecule has 0 amide bonds. The van der Waals surface area contributed by atoms with E-state index in [9.17, 15) is 0 Å². The molecule has 1 aliphatic heterocycles. The molecule has 0 aromatic rings. The van der Waals surface area contributed by atoms with Gasteiger partial charge in [0.15, 0.2) is 0 Å². The standard InChI is InChI=1S/C8H17NO/c10-7-1-2-8-3-5-9-6-4-8/h8-10H,1-7H2/i/hD. The summed E-state index contributed by atoms with van der Waals surface area (Å²) >= 11 is 0. The van der Waals surface area contributed by atoms with Crippen molar-refractivity contribution < 1.29 is 6.52 Å². The number of aliphatic hydroxyl groups excluding tert-OH is 1. The van der Waals surface area contributed by atoms with E-state index in [1.54, 1.807) is 5.31 Å². The average molecular weight is 144 g/mol. The van der Waals surface area contributed by atoms with Crippen LogP contribution in [0.5, 0.6) is 0 Å². The lowest BCUT2D eigenvalue weighted by Gasteiger charge is -2.21. The normalized spacial score (nSPS) is 24.7. The lowest BCUT2D eigenvalue weighted by atomic mass is 9.93. The number of aliphatic hydroxyl groups is 1. The van der Waals surface area contributed by atoms with E-state index in [2.05, 4.69) is 0 Å². The topological polar surface area (TPSA) is 32.3 Å². The molecule has 60 valence electrons. The molecule has 0 radical (unpaired) electrons. The van der Waals surface area contributed by atoms with E-state index in [0.717, 1.165) is 44.7 Å². The van der Waals surface area contributed by atoms with E-state index in [1.807, 2.05) is 0 Å². The molecule has 2 N–H and O–H groups in total.